The van der Waals surface area contributed by atoms with Gasteiger partial charge in [-0.05, 0) is 18.2 Å². The number of para-hydroxylation sites is 3. The minimum absolute atomic E-state index is 0.110. The van der Waals surface area contributed by atoms with Crippen molar-refractivity contribution in [2.24, 2.45) is 0 Å². The van der Waals surface area contributed by atoms with Gasteiger partial charge < -0.3 is 9.80 Å². The van der Waals surface area contributed by atoms with Crippen molar-refractivity contribution in [2.45, 2.75) is 5.75 Å². The summed E-state index contributed by atoms with van der Waals surface area (Å²) in [5.41, 5.74) is 1.74. The van der Waals surface area contributed by atoms with Crippen LogP contribution in [0.2, 0.25) is 0 Å². The van der Waals surface area contributed by atoms with Crippen LogP contribution in [0.3, 0.4) is 0 Å². The van der Waals surface area contributed by atoms with Gasteiger partial charge in [-0.15, -0.1) is 23.1 Å². The number of rotatable bonds is 6. The molecule has 1 aliphatic rings. The molecule has 150 valence electrons. The van der Waals surface area contributed by atoms with Crippen molar-refractivity contribution in [1.29, 1.82) is 0 Å². The van der Waals surface area contributed by atoms with Crippen molar-refractivity contribution < 1.29 is 9.72 Å². The third-order valence-corrected chi connectivity index (χ3v) is 6.99. The zero-order valence-corrected chi connectivity index (χ0v) is 17.3. The summed E-state index contributed by atoms with van der Waals surface area (Å²) in [7, 11) is 0. The molecule has 1 aromatic heterocycles. The zero-order chi connectivity index (χ0) is 20.2. The highest BCUT2D eigenvalue weighted by Crippen LogP contribution is 2.29. The Balaban J connectivity index is 1.27. The second-order valence-corrected chi connectivity index (χ2v) is 8.78. The Morgan fingerprint density at radius 1 is 1.10 bits per heavy atom. The smallest absolute Gasteiger partial charge is 0.292 e. The van der Waals surface area contributed by atoms with E-state index in [9.17, 15) is 14.9 Å². The maximum atomic E-state index is 12.5. The Kier molecular flexibility index (Phi) is 5.96. The number of amides is 1. The van der Waals surface area contributed by atoms with E-state index in [1.807, 2.05) is 28.0 Å². The van der Waals surface area contributed by atoms with Crippen LogP contribution in [0.5, 0.6) is 0 Å². The van der Waals surface area contributed by atoms with Crippen LogP contribution in [0.4, 0.5) is 11.4 Å². The summed E-state index contributed by atoms with van der Waals surface area (Å²) in [6.07, 6.45) is 0. The third kappa shape index (κ3) is 4.51. The molecule has 0 atom stereocenters. The second-order valence-electron chi connectivity index (χ2n) is 6.68. The first-order valence-electron chi connectivity index (χ1n) is 9.30. The first kappa shape index (κ1) is 19.7. The van der Waals surface area contributed by atoms with Crippen molar-refractivity contribution in [3.05, 3.63) is 63.7 Å². The lowest BCUT2D eigenvalue weighted by molar-refractivity contribution is -0.384. The van der Waals surface area contributed by atoms with Gasteiger partial charge in [0.2, 0.25) is 5.91 Å². The highest BCUT2D eigenvalue weighted by Gasteiger charge is 2.25. The molecule has 2 aromatic carbocycles. The molecule has 0 spiro atoms. The van der Waals surface area contributed by atoms with Crippen LogP contribution in [-0.4, -0.2) is 52.6 Å². The van der Waals surface area contributed by atoms with Gasteiger partial charge >= 0.3 is 0 Å². The lowest BCUT2D eigenvalue weighted by atomic mass is 10.2. The minimum atomic E-state index is -0.356. The number of aromatic nitrogens is 1. The average molecular weight is 429 g/mol. The number of nitro benzene ring substituents is 1. The number of nitrogens with zero attached hydrogens (tertiary/aromatic N) is 4. The number of benzene rings is 2. The molecule has 1 amide bonds. The fourth-order valence-electron chi connectivity index (χ4n) is 3.38. The molecule has 0 unspecified atom stereocenters. The first-order chi connectivity index (χ1) is 14.1. The standard InChI is InChI=1S/C20H20N4O3S2/c25-20(14-28-13-19-21-15-5-1-4-8-18(15)29-19)23-11-9-22(10-12-23)16-6-2-3-7-17(16)24(26)27/h1-8H,9-14H2. The summed E-state index contributed by atoms with van der Waals surface area (Å²) in [5.74, 6) is 1.25. The van der Waals surface area contributed by atoms with Gasteiger partial charge in [-0.3, -0.25) is 14.9 Å². The molecule has 4 rings (SSSR count). The highest BCUT2D eigenvalue weighted by atomic mass is 32.2. The van der Waals surface area contributed by atoms with E-state index in [2.05, 4.69) is 11.1 Å². The molecule has 0 radical (unpaired) electrons. The van der Waals surface area contributed by atoms with Crippen LogP contribution < -0.4 is 4.90 Å². The Morgan fingerprint density at radius 3 is 2.59 bits per heavy atom. The summed E-state index contributed by atoms with van der Waals surface area (Å²) < 4.78 is 1.17. The quantitative estimate of drug-likeness (QED) is 0.439. The fourth-order valence-corrected chi connectivity index (χ4v) is 5.33. The van der Waals surface area contributed by atoms with E-state index >= 15 is 0 Å². The van der Waals surface area contributed by atoms with Crippen molar-refractivity contribution in [1.82, 2.24) is 9.88 Å². The van der Waals surface area contributed by atoms with Crippen LogP contribution >= 0.6 is 23.1 Å². The van der Waals surface area contributed by atoms with Gasteiger partial charge in [0.15, 0.2) is 0 Å². The average Bonchev–Trinajstić information content (AvgIpc) is 3.16. The topological polar surface area (TPSA) is 79.6 Å². The molecule has 0 saturated carbocycles. The summed E-state index contributed by atoms with van der Waals surface area (Å²) >= 11 is 3.25. The number of thiazole rings is 1. The monoisotopic (exact) mass is 428 g/mol. The number of piperazine rings is 1. The summed E-state index contributed by atoms with van der Waals surface area (Å²) in [5, 5.41) is 12.3. The number of carbonyl (C=O) groups is 1. The van der Waals surface area contributed by atoms with E-state index in [-0.39, 0.29) is 16.5 Å². The molecule has 9 heteroatoms. The van der Waals surface area contributed by atoms with Crippen molar-refractivity contribution in [3.8, 4) is 0 Å². The number of fused-ring (bicyclic) bond motifs is 1. The predicted molar refractivity (Wildman–Crippen MR) is 118 cm³/mol. The molecule has 1 saturated heterocycles. The third-order valence-electron chi connectivity index (χ3n) is 4.84. The van der Waals surface area contributed by atoms with Gasteiger partial charge in [0, 0.05) is 38.0 Å². The van der Waals surface area contributed by atoms with E-state index in [1.54, 1.807) is 41.3 Å². The number of carbonyl (C=O) groups excluding carboxylic acids is 1. The Labute approximate surface area is 176 Å². The molecule has 1 fully saturated rings. The van der Waals surface area contributed by atoms with Gasteiger partial charge in [-0.2, -0.15) is 0 Å². The SMILES string of the molecule is O=C(CSCc1nc2ccccc2s1)N1CCN(c2ccccc2[N+](=O)[O-])CC1. The van der Waals surface area contributed by atoms with E-state index in [0.717, 1.165) is 16.3 Å². The number of thioether (sulfide) groups is 1. The van der Waals surface area contributed by atoms with Crippen molar-refractivity contribution in [2.75, 3.05) is 36.8 Å². The van der Waals surface area contributed by atoms with Gasteiger partial charge in [0.1, 0.15) is 10.7 Å². The molecular weight excluding hydrogens is 408 g/mol. The molecule has 29 heavy (non-hydrogen) atoms. The van der Waals surface area contributed by atoms with Gasteiger partial charge in [-0.1, -0.05) is 24.3 Å². The molecule has 0 bridgehead atoms. The van der Waals surface area contributed by atoms with Gasteiger partial charge in [0.25, 0.3) is 5.69 Å². The summed E-state index contributed by atoms with van der Waals surface area (Å²) in [6.45, 7) is 2.34. The predicted octanol–water partition coefficient (Wildman–Crippen LogP) is 3.79. The molecule has 3 aromatic rings. The minimum Gasteiger partial charge on any atom is -0.362 e. The lowest BCUT2D eigenvalue weighted by Crippen LogP contribution is -2.49. The largest absolute Gasteiger partial charge is 0.362 e. The van der Waals surface area contributed by atoms with Gasteiger partial charge in [0.05, 0.1) is 20.9 Å². The summed E-state index contributed by atoms with van der Waals surface area (Å²) in [6, 6.07) is 14.8. The highest BCUT2D eigenvalue weighted by molar-refractivity contribution is 7.99. The van der Waals surface area contributed by atoms with Crippen LogP contribution in [-0.2, 0) is 10.5 Å². The summed E-state index contributed by atoms with van der Waals surface area (Å²) in [4.78, 5) is 31.8. The van der Waals surface area contributed by atoms with Crippen LogP contribution in [0, 0.1) is 10.1 Å². The second kappa shape index (κ2) is 8.79. The molecule has 1 aliphatic heterocycles. The number of anilines is 1. The molecule has 0 aliphatic carbocycles. The first-order valence-corrected chi connectivity index (χ1v) is 11.3. The number of nitro groups is 1. The number of hydrogen-bond donors (Lipinski definition) is 0. The van der Waals surface area contributed by atoms with E-state index in [0.29, 0.717) is 37.6 Å². The normalized spacial score (nSPS) is 14.3. The Hall–Kier alpha value is -2.65. The molecule has 0 N–H and O–H groups in total. The molecule has 7 nitrogen and oxygen atoms in total. The van der Waals surface area contributed by atoms with Crippen LogP contribution in [0.1, 0.15) is 5.01 Å². The lowest BCUT2D eigenvalue weighted by Gasteiger charge is -2.35. The van der Waals surface area contributed by atoms with E-state index < -0.39 is 0 Å². The fraction of sp³-hybridized carbons (Fsp3) is 0.300. The Morgan fingerprint density at radius 2 is 1.83 bits per heavy atom. The van der Waals surface area contributed by atoms with Crippen LogP contribution in [0.15, 0.2) is 48.5 Å². The Bertz CT molecular complexity index is 998. The molecular formula is C20H20N4O3S2. The number of hydrogen-bond acceptors (Lipinski definition) is 7. The van der Waals surface area contributed by atoms with Crippen molar-refractivity contribution >= 4 is 50.6 Å². The van der Waals surface area contributed by atoms with E-state index in [1.165, 1.54) is 10.8 Å². The molecule has 2 heterocycles. The van der Waals surface area contributed by atoms with E-state index in [4.69, 9.17) is 0 Å². The maximum absolute atomic E-state index is 12.5. The zero-order valence-electron chi connectivity index (χ0n) is 15.7. The van der Waals surface area contributed by atoms with Crippen LogP contribution in [0.25, 0.3) is 10.2 Å². The van der Waals surface area contributed by atoms with Crippen molar-refractivity contribution in [3.63, 3.8) is 0 Å². The van der Waals surface area contributed by atoms with Gasteiger partial charge in [-0.25, -0.2) is 4.98 Å². The maximum Gasteiger partial charge on any atom is 0.292 e.